The molecule has 2 aliphatic rings. The second-order valence-corrected chi connectivity index (χ2v) is 8.55. The first-order valence-corrected chi connectivity index (χ1v) is 9.65. The standard InChI is InChI=1S/C21H32N2O/c1-15-10-11-19-18(12-15)16(2)13-21(3,4)23(19)20(24)14-22-17-8-6-5-7-9-17/h10-12,16-17,22H,5-9,13-14H2,1-4H3/p+1/t16-/m1/s1. The average molecular weight is 330 g/mol. The molecule has 0 unspecified atom stereocenters. The molecule has 1 aliphatic carbocycles. The van der Waals surface area contributed by atoms with Crippen LogP contribution < -0.4 is 10.2 Å². The number of nitrogens with zero attached hydrogens (tertiary/aromatic N) is 1. The lowest BCUT2D eigenvalue weighted by Crippen LogP contribution is -2.92. The van der Waals surface area contributed by atoms with Gasteiger partial charge in [-0.05, 0) is 70.4 Å². The largest absolute Gasteiger partial charge is 0.336 e. The number of fused-ring (bicyclic) bond motifs is 1. The van der Waals surface area contributed by atoms with Gasteiger partial charge in [-0.2, -0.15) is 0 Å². The van der Waals surface area contributed by atoms with E-state index in [0.717, 1.165) is 12.1 Å². The second kappa shape index (κ2) is 6.87. The van der Waals surface area contributed by atoms with Gasteiger partial charge in [-0.15, -0.1) is 0 Å². The highest BCUT2D eigenvalue weighted by Crippen LogP contribution is 2.43. The Balaban J connectivity index is 1.79. The smallest absolute Gasteiger partial charge is 0.282 e. The molecule has 1 atom stereocenters. The van der Waals surface area contributed by atoms with Crippen LogP contribution in [0, 0.1) is 6.92 Å². The summed E-state index contributed by atoms with van der Waals surface area (Å²) in [5, 5.41) is 2.30. The predicted molar refractivity (Wildman–Crippen MR) is 99.4 cm³/mol. The van der Waals surface area contributed by atoms with E-state index in [1.54, 1.807) is 0 Å². The van der Waals surface area contributed by atoms with Crippen LogP contribution in [0.15, 0.2) is 18.2 Å². The monoisotopic (exact) mass is 329 g/mol. The average Bonchev–Trinajstić information content (AvgIpc) is 2.54. The van der Waals surface area contributed by atoms with Crippen molar-refractivity contribution in [3.05, 3.63) is 29.3 Å². The highest BCUT2D eigenvalue weighted by Gasteiger charge is 2.40. The summed E-state index contributed by atoms with van der Waals surface area (Å²) in [7, 11) is 0. The molecular formula is C21H33N2O+. The van der Waals surface area contributed by atoms with E-state index < -0.39 is 0 Å². The molecule has 1 aromatic carbocycles. The van der Waals surface area contributed by atoms with E-state index >= 15 is 0 Å². The zero-order valence-electron chi connectivity index (χ0n) is 15.8. The summed E-state index contributed by atoms with van der Waals surface area (Å²) in [5.74, 6) is 0.767. The van der Waals surface area contributed by atoms with E-state index in [-0.39, 0.29) is 11.4 Å². The first-order valence-electron chi connectivity index (χ1n) is 9.65. The van der Waals surface area contributed by atoms with Crippen LogP contribution in [0.4, 0.5) is 5.69 Å². The minimum absolute atomic E-state index is 0.112. The number of carbonyl (C=O) groups is 1. The molecular weight excluding hydrogens is 296 g/mol. The van der Waals surface area contributed by atoms with Gasteiger partial charge >= 0.3 is 0 Å². The topological polar surface area (TPSA) is 36.9 Å². The molecule has 132 valence electrons. The van der Waals surface area contributed by atoms with Gasteiger partial charge in [0.25, 0.3) is 5.91 Å². The van der Waals surface area contributed by atoms with Crippen molar-refractivity contribution in [2.75, 3.05) is 11.4 Å². The maximum Gasteiger partial charge on any atom is 0.282 e. The number of aryl methyl sites for hydroxylation is 1. The van der Waals surface area contributed by atoms with Gasteiger partial charge in [0, 0.05) is 11.2 Å². The van der Waals surface area contributed by atoms with E-state index in [0.29, 0.717) is 18.5 Å². The number of nitrogens with two attached hydrogens (primary N) is 1. The van der Waals surface area contributed by atoms with E-state index in [4.69, 9.17) is 0 Å². The number of amides is 1. The van der Waals surface area contributed by atoms with Crippen LogP contribution in [0.1, 0.15) is 76.3 Å². The van der Waals surface area contributed by atoms with Gasteiger partial charge in [-0.25, -0.2) is 0 Å². The number of quaternary nitrogens is 1. The number of anilines is 1. The molecule has 0 saturated heterocycles. The number of benzene rings is 1. The molecule has 1 heterocycles. The van der Waals surface area contributed by atoms with Crippen molar-refractivity contribution in [3.8, 4) is 0 Å². The molecule has 1 amide bonds. The van der Waals surface area contributed by atoms with Gasteiger partial charge < -0.3 is 10.2 Å². The zero-order chi connectivity index (χ0) is 17.3. The molecule has 3 nitrogen and oxygen atoms in total. The molecule has 0 spiro atoms. The summed E-state index contributed by atoms with van der Waals surface area (Å²) in [6, 6.07) is 7.20. The Hall–Kier alpha value is -1.35. The third-order valence-corrected chi connectivity index (χ3v) is 5.89. The third kappa shape index (κ3) is 3.51. The van der Waals surface area contributed by atoms with Crippen molar-refractivity contribution in [3.63, 3.8) is 0 Å². The van der Waals surface area contributed by atoms with Gasteiger partial charge in [-0.1, -0.05) is 31.0 Å². The van der Waals surface area contributed by atoms with Gasteiger partial charge in [0.15, 0.2) is 6.54 Å². The first-order chi connectivity index (χ1) is 11.4. The van der Waals surface area contributed by atoms with E-state index in [2.05, 4.69) is 56.1 Å². The van der Waals surface area contributed by atoms with Crippen molar-refractivity contribution >= 4 is 11.6 Å². The van der Waals surface area contributed by atoms with Crippen LogP contribution in [0.5, 0.6) is 0 Å². The molecule has 24 heavy (non-hydrogen) atoms. The minimum Gasteiger partial charge on any atom is -0.336 e. The quantitative estimate of drug-likeness (QED) is 0.905. The molecule has 3 heteroatoms. The summed E-state index contributed by atoms with van der Waals surface area (Å²) in [5.41, 5.74) is 3.63. The van der Waals surface area contributed by atoms with Crippen LogP contribution in [-0.4, -0.2) is 24.0 Å². The summed E-state index contributed by atoms with van der Waals surface area (Å²) in [4.78, 5) is 15.2. The van der Waals surface area contributed by atoms with Crippen molar-refractivity contribution in [2.45, 2.75) is 83.7 Å². The van der Waals surface area contributed by atoms with E-state index in [1.165, 1.54) is 43.2 Å². The van der Waals surface area contributed by atoms with E-state index in [9.17, 15) is 4.79 Å². The van der Waals surface area contributed by atoms with Gasteiger partial charge in [-0.3, -0.25) is 4.79 Å². The van der Waals surface area contributed by atoms with Crippen molar-refractivity contribution < 1.29 is 10.1 Å². The lowest BCUT2D eigenvalue weighted by molar-refractivity contribution is -0.681. The number of hydrogen-bond donors (Lipinski definition) is 1. The SMILES string of the molecule is Cc1ccc2c(c1)[C@H](C)CC(C)(C)N2C(=O)C[NH2+]C1CCCCC1. The molecule has 1 aliphatic heterocycles. The fourth-order valence-corrected chi connectivity index (χ4v) is 4.75. The molecule has 2 N–H and O–H groups in total. The minimum atomic E-state index is -0.112. The summed E-state index contributed by atoms with van der Waals surface area (Å²) >= 11 is 0. The molecule has 0 bridgehead atoms. The lowest BCUT2D eigenvalue weighted by atomic mass is 9.79. The summed E-state index contributed by atoms with van der Waals surface area (Å²) in [6.45, 7) is 9.43. The van der Waals surface area contributed by atoms with Crippen LogP contribution in [-0.2, 0) is 4.79 Å². The van der Waals surface area contributed by atoms with Crippen LogP contribution in [0.25, 0.3) is 0 Å². The van der Waals surface area contributed by atoms with Crippen molar-refractivity contribution in [1.82, 2.24) is 0 Å². The first kappa shape index (κ1) is 17.5. The maximum absolute atomic E-state index is 13.1. The molecule has 1 saturated carbocycles. The molecule has 1 aromatic rings. The molecule has 0 aromatic heterocycles. The van der Waals surface area contributed by atoms with Crippen molar-refractivity contribution in [1.29, 1.82) is 0 Å². The highest BCUT2D eigenvalue weighted by atomic mass is 16.2. The lowest BCUT2D eigenvalue weighted by Gasteiger charge is -2.46. The highest BCUT2D eigenvalue weighted by molar-refractivity contribution is 5.96. The third-order valence-electron chi connectivity index (χ3n) is 5.89. The van der Waals surface area contributed by atoms with Crippen LogP contribution in [0.2, 0.25) is 0 Å². The zero-order valence-corrected chi connectivity index (χ0v) is 15.8. The van der Waals surface area contributed by atoms with Gasteiger partial charge in [0.05, 0.1) is 6.04 Å². The van der Waals surface area contributed by atoms with Gasteiger partial charge in [0.1, 0.15) is 0 Å². The Kier molecular flexibility index (Phi) is 5.00. The fourth-order valence-electron chi connectivity index (χ4n) is 4.75. The Morgan fingerprint density at radius 2 is 1.96 bits per heavy atom. The predicted octanol–water partition coefficient (Wildman–Crippen LogP) is 3.51. The van der Waals surface area contributed by atoms with Crippen LogP contribution in [0.3, 0.4) is 0 Å². The maximum atomic E-state index is 13.1. The Morgan fingerprint density at radius 1 is 1.25 bits per heavy atom. The van der Waals surface area contributed by atoms with Gasteiger partial charge in [0.2, 0.25) is 0 Å². The number of carbonyl (C=O) groups excluding carboxylic acids is 1. The second-order valence-electron chi connectivity index (χ2n) is 8.55. The van der Waals surface area contributed by atoms with E-state index in [1.807, 2.05) is 0 Å². The fraction of sp³-hybridized carbons (Fsp3) is 0.667. The number of rotatable bonds is 3. The molecule has 3 rings (SSSR count). The Morgan fingerprint density at radius 3 is 2.67 bits per heavy atom. The van der Waals surface area contributed by atoms with Crippen molar-refractivity contribution in [2.24, 2.45) is 0 Å². The molecule has 1 fully saturated rings. The summed E-state index contributed by atoms with van der Waals surface area (Å²) < 4.78 is 0. The Labute approximate surface area is 146 Å². The Bertz CT molecular complexity index is 602. The molecule has 0 radical (unpaired) electrons. The summed E-state index contributed by atoms with van der Waals surface area (Å²) in [6.07, 6.45) is 7.57. The number of hydrogen-bond acceptors (Lipinski definition) is 1. The normalized spacial score (nSPS) is 23.8. The van der Waals surface area contributed by atoms with Crippen LogP contribution >= 0.6 is 0 Å².